The molecule has 0 aliphatic carbocycles. The number of carbonyl (C=O) groups is 1. The zero-order valence-electron chi connectivity index (χ0n) is 14.6. The maximum atomic E-state index is 12.3. The Kier molecular flexibility index (Phi) is 4.12. The van der Waals surface area contributed by atoms with Gasteiger partial charge in [-0.25, -0.2) is 4.79 Å². The number of ether oxygens (including phenoxy) is 1. The van der Waals surface area contributed by atoms with Crippen LogP contribution in [0.25, 0.3) is 21.8 Å². The van der Waals surface area contributed by atoms with Crippen molar-refractivity contribution in [3.8, 4) is 0 Å². The average molecular weight is 363 g/mol. The van der Waals surface area contributed by atoms with Crippen LogP contribution in [0.1, 0.15) is 16.1 Å². The van der Waals surface area contributed by atoms with E-state index < -0.39 is 10.9 Å². The van der Waals surface area contributed by atoms with Crippen molar-refractivity contribution in [2.45, 2.75) is 6.42 Å². The lowest BCUT2D eigenvalue weighted by molar-refractivity contribution is -0.384. The van der Waals surface area contributed by atoms with Gasteiger partial charge in [-0.3, -0.25) is 10.1 Å². The molecule has 2 heterocycles. The number of carbonyl (C=O) groups excluding carboxylic acids is 1. The van der Waals surface area contributed by atoms with Gasteiger partial charge in [-0.05, 0) is 23.8 Å². The number of aryl methyl sites for hydroxylation is 1. The first-order valence-corrected chi connectivity index (χ1v) is 8.50. The largest absolute Gasteiger partial charge is 0.461 e. The van der Waals surface area contributed by atoms with Gasteiger partial charge in [0.2, 0.25) is 0 Å². The van der Waals surface area contributed by atoms with E-state index in [1.165, 1.54) is 6.07 Å². The first-order chi connectivity index (χ1) is 13.0. The molecule has 4 aromatic rings. The fraction of sp³-hybridized carbons (Fsp3) is 0.150. The molecular formula is C20H17N3O4. The van der Waals surface area contributed by atoms with Gasteiger partial charge in [0.15, 0.2) is 0 Å². The second kappa shape index (κ2) is 6.60. The van der Waals surface area contributed by atoms with Crippen molar-refractivity contribution < 1.29 is 14.5 Å². The predicted molar refractivity (Wildman–Crippen MR) is 102 cm³/mol. The third kappa shape index (κ3) is 3.15. The standard InChI is InChI=1S/C20H17N3O4/c1-22-12-14(16-11-15(23(25)26)6-7-19(16)22)8-9-27-20(24)18-10-13-4-2-3-5-17(13)21-18/h2-7,10-12,21H,8-9H2,1H3. The van der Waals surface area contributed by atoms with Gasteiger partial charge in [0.1, 0.15) is 5.69 Å². The third-order valence-corrected chi connectivity index (χ3v) is 4.62. The number of para-hydroxylation sites is 1. The number of non-ortho nitro benzene ring substituents is 1. The Bertz CT molecular complexity index is 1140. The van der Waals surface area contributed by atoms with Gasteiger partial charge in [0.25, 0.3) is 5.69 Å². The van der Waals surface area contributed by atoms with Crippen molar-refractivity contribution in [3.05, 3.63) is 76.1 Å². The van der Waals surface area contributed by atoms with Crippen LogP contribution in [0.5, 0.6) is 0 Å². The molecular weight excluding hydrogens is 346 g/mol. The number of nitro benzene ring substituents is 1. The Balaban J connectivity index is 1.49. The van der Waals surface area contributed by atoms with E-state index in [1.807, 2.05) is 42.1 Å². The summed E-state index contributed by atoms with van der Waals surface area (Å²) in [6.45, 7) is 0.190. The number of aromatic amines is 1. The first-order valence-electron chi connectivity index (χ1n) is 8.50. The van der Waals surface area contributed by atoms with Crippen LogP contribution in [0, 0.1) is 10.1 Å². The second-order valence-electron chi connectivity index (χ2n) is 6.38. The summed E-state index contributed by atoms with van der Waals surface area (Å²) in [7, 11) is 1.88. The van der Waals surface area contributed by atoms with E-state index in [-0.39, 0.29) is 12.3 Å². The first kappa shape index (κ1) is 16.8. The summed E-state index contributed by atoms with van der Waals surface area (Å²) >= 11 is 0. The monoisotopic (exact) mass is 363 g/mol. The molecule has 0 atom stereocenters. The lowest BCUT2D eigenvalue weighted by atomic mass is 10.1. The van der Waals surface area contributed by atoms with E-state index in [4.69, 9.17) is 4.74 Å². The molecule has 0 fully saturated rings. The fourth-order valence-electron chi connectivity index (χ4n) is 3.29. The summed E-state index contributed by atoms with van der Waals surface area (Å²) in [5.74, 6) is -0.419. The van der Waals surface area contributed by atoms with Crippen molar-refractivity contribution in [2.24, 2.45) is 7.05 Å². The zero-order valence-corrected chi connectivity index (χ0v) is 14.6. The minimum Gasteiger partial charge on any atom is -0.461 e. The number of nitrogens with zero attached hydrogens (tertiary/aromatic N) is 2. The molecule has 0 saturated heterocycles. The summed E-state index contributed by atoms with van der Waals surface area (Å²) in [5, 5.41) is 12.8. The molecule has 0 aliphatic heterocycles. The minimum absolute atomic E-state index is 0.0463. The molecule has 0 radical (unpaired) electrons. The molecule has 7 heteroatoms. The second-order valence-corrected chi connectivity index (χ2v) is 6.38. The molecule has 2 aromatic carbocycles. The fourth-order valence-corrected chi connectivity index (χ4v) is 3.29. The molecule has 4 rings (SSSR count). The molecule has 7 nitrogen and oxygen atoms in total. The van der Waals surface area contributed by atoms with E-state index >= 15 is 0 Å². The Hall–Kier alpha value is -3.61. The minimum atomic E-state index is -0.419. The van der Waals surface area contributed by atoms with E-state index in [2.05, 4.69) is 4.98 Å². The number of esters is 1. The lowest BCUT2D eigenvalue weighted by Gasteiger charge is -2.03. The number of nitrogens with one attached hydrogen (secondary N) is 1. The molecule has 0 saturated carbocycles. The third-order valence-electron chi connectivity index (χ3n) is 4.62. The van der Waals surface area contributed by atoms with Crippen LogP contribution >= 0.6 is 0 Å². The molecule has 0 bridgehead atoms. The van der Waals surface area contributed by atoms with Crippen molar-refractivity contribution in [1.29, 1.82) is 0 Å². The summed E-state index contributed by atoms with van der Waals surface area (Å²) in [6.07, 6.45) is 2.38. The highest BCUT2D eigenvalue weighted by atomic mass is 16.6. The average Bonchev–Trinajstić information content (AvgIpc) is 3.23. The van der Waals surface area contributed by atoms with E-state index in [9.17, 15) is 14.9 Å². The van der Waals surface area contributed by atoms with Gasteiger partial charge in [-0.1, -0.05) is 18.2 Å². The maximum Gasteiger partial charge on any atom is 0.354 e. The maximum absolute atomic E-state index is 12.3. The van der Waals surface area contributed by atoms with E-state index in [1.54, 1.807) is 18.2 Å². The number of benzene rings is 2. The number of aromatic nitrogens is 2. The molecule has 136 valence electrons. The Labute approximate surface area is 154 Å². The van der Waals surface area contributed by atoms with Gasteiger partial charge in [-0.2, -0.15) is 0 Å². The molecule has 1 N–H and O–H groups in total. The molecule has 0 aliphatic rings. The van der Waals surface area contributed by atoms with Crippen molar-refractivity contribution in [2.75, 3.05) is 6.61 Å². The summed E-state index contributed by atoms with van der Waals surface area (Å²) < 4.78 is 7.29. The predicted octanol–water partition coefficient (Wildman–Crippen LogP) is 3.97. The molecule has 0 spiro atoms. The number of rotatable bonds is 5. The number of fused-ring (bicyclic) bond motifs is 2. The van der Waals surface area contributed by atoms with Crippen LogP contribution in [0.15, 0.2) is 54.7 Å². The Morgan fingerprint density at radius 3 is 2.81 bits per heavy atom. The highest BCUT2D eigenvalue weighted by molar-refractivity contribution is 5.94. The van der Waals surface area contributed by atoms with Gasteiger partial charge in [0.05, 0.1) is 11.5 Å². The normalized spacial score (nSPS) is 11.1. The number of H-pyrrole nitrogens is 1. The van der Waals surface area contributed by atoms with Crippen LogP contribution in [-0.2, 0) is 18.2 Å². The summed E-state index contributed by atoms with van der Waals surface area (Å²) in [5.41, 5.74) is 3.14. The zero-order chi connectivity index (χ0) is 19.0. The lowest BCUT2D eigenvalue weighted by Crippen LogP contribution is -2.08. The van der Waals surface area contributed by atoms with Gasteiger partial charge < -0.3 is 14.3 Å². The van der Waals surface area contributed by atoms with Crippen LogP contribution in [-0.4, -0.2) is 27.1 Å². The van der Waals surface area contributed by atoms with Crippen LogP contribution < -0.4 is 0 Å². The summed E-state index contributed by atoms with van der Waals surface area (Å²) in [6, 6.07) is 14.2. The van der Waals surface area contributed by atoms with Crippen LogP contribution in [0.3, 0.4) is 0 Å². The quantitative estimate of drug-likeness (QED) is 0.330. The van der Waals surface area contributed by atoms with Crippen LogP contribution in [0.2, 0.25) is 0 Å². The number of hydrogen-bond acceptors (Lipinski definition) is 4. The van der Waals surface area contributed by atoms with Crippen molar-refractivity contribution in [1.82, 2.24) is 9.55 Å². The van der Waals surface area contributed by atoms with E-state index in [0.29, 0.717) is 12.1 Å². The van der Waals surface area contributed by atoms with Crippen LogP contribution in [0.4, 0.5) is 5.69 Å². The highest BCUT2D eigenvalue weighted by Crippen LogP contribution is 2.26. The van der Waals surface area contributed by atoms with Gasteiger partial charge >= 0.3 is 5.97 Å². The molecule has 0 unspecified atom stereocenters. The Morgan fingerprint density at radius 2 is 2.04 bits per heavy atom. The summed E-state index contributed by atoms with van der Waals surface area (Å²) in [4.78, 5) is 25.9. The van der Waals surface area contributed by atoms with E-state index in [0.717, 1.165) is 27.4 Å². The smallest absolute Gasteiger partial charge is 0.354 e. The van der Waals surface area contributed by atoms with Gasteiger partial charge in [0, 0.05) is 53.6 Å². The molecule has 27 heavy (non-hydrogen) atoms. The number of hydrogen-bond donors (Lipinski definition) is 1. The highest BCUT2D eigenvalue weighted by Gasteiger charge is 2.14. The number of nitro groups is 1. The molecule has 0 amide bonds. The SMILES string of the molecule is Cn1cc(CCOC(=O)c2cc3ccccc3[nH]2)c2cc([N+](=O)[O-])ccc21. The topological polar surface area (TPSA) is 90.2 Å². The van der Waals surface area contributed by atoms with Gasteiger partial charge in [-0.15, -0.1) is 0 Å². The van der Waals surface area contributed by atoms with Crippen molar-refractivity contribution in [3.63, 3.8) is 0 Å². The Morgan fingerprint density at radius 1 is 1.22 bits per heavy atom. The molecule has 2 aromatic heterocycles. The van der Waals surface area contributed by atoms with Crippen molar-refractivity contribution >= 4 is 33.5 Å².